The predicted molar refractivity (Wildman–Crippen MR) is 49.5 cm³/mol. The minimum Gasteiger partial charge on any atom is -0.300 e. The Bertz CT molecular complexity index is 261. The third-order valence-corrected chi connectivity index (χ3v) is 1.72. The Hall–Kier alpha value is -1.33. The highest BCUT2D eigenvalue weighted by Crippen LogP contribution is 2.08. The van der Waals surface area contributed by atoms with Crippen LogP contribution in [0.2, 0.25) is 0 Å². The molecule has 1 aromatic rings. The van der Waals surface area contributed by atoms with Crippen LogP contribution in [0.4, 0.5) is 0 Å². The molecule has 1 atom stereocenters. The molecule has 1 aromatic heterocycles. The van der Waals surface area contributed by atoms with Gasteiger partial charge in [0.2, 0.25) is 0 Å². The summed E-state index contributed by atoms with van der Waals surface area (Å²) in [5.74, 6) is 2.54. The first-order valence-electron chi connectivity index (χ1n) is 3.91. The monoisotopic (exact) mass is 160 g/mol. The molecule has 12 heavy (non-hydrogen) atoms. The number of nitrogens with one attached hydrogen (secondary N) is 1. The van der Waals surface area contributed by atoms with Gasteiger partial charge >= 0.3 is 0 Å². The van der Waals surface area contributed by atoms with E-state index in [0.29, 0.717) is 12.6 Å². The molecule has 0 radical (unpaired) electrons. The van der Waals surface area contributed by atoms with Crippen LogP contribution in [0.1, 0.15) is 18.5 Å². The van der Waals surface area contributed by atoms with E-state index < -0.39 is 0 Å². The largest absolute Gasteiger partial charge is 0.300 e. The molecule has 0 aliphatic rings. The third kappa shape index (κ3) is 2.37. The quantitative estimate of drug-likeness (QED) is 0.675. The Kier molecular flexibility index (Phi) is 3.31. The van der Waals surface area contributed by atoms with Crippen LogP contribution in [0.15, 0.2) is 24.5 Å². The van der Waals surface area contributed by atoms with Crippen molar-refractivity contribution in [1.29, 1.82) is 0 Å². The summed E-state index contributed by atoms with van der Waals surface area (Å²) in [7, 11) is 0. The number of terminal acetylenes is 1. The van der Waals surface area contributed by atoms with Gasteiger partial charge in [-0.2, -0.15) is 0 Å². The molecule has 0 saturated carbocycles. The molecule has 1 heterocycles. The molecule has 0 aliphatic carbocycles. The van der Waals surface area contributed by atoms with Gasteiger partial charge in [0.15, 0.2) is 0 Å². The van der Waals surface area contributed by atoms with Crippen molar-refractivity contribution in [2.45, 2.75) is 13.0 Å². The van der Waals surface area contributed by atoms with E-state index in [1.165, 1.54) is 5.56 Å². The van der Waals surface area contributed by atoms with Crippen LogP contribution in [-0.2, 0) is 0 Å². The molecule has 2 heteroatoms. The molecule has 1 rings (SSSR count). The van der Waals surface area contributed by atoms with Crippen LogP contribution in [0.25, 0.3) is 0 Å². The second kappa shape index (κ2) is 4.53. The molecule has 0 amide bonds. The summed E-state index contributed by atoms with van der Waals surface area (Å²) in [6.07, 6.45) is 8.69. The van der Waals surface area contributed by atoms with Gasteiger partial charge in [-0.25, -0.2) is 0 Å². The molecule has 0 bridgehead atoms. The van der Waals surface area contributed by atoms with Gasteiger partial charge in [0.1, 0.15) is 0 Å². The highest BCUT2D eigenvalue weighted by Gasteiger charge is 2.01. The SMILES string of the molecule is C#CCN[C@H](C)c1ccncc1. The fraction of sp³-hybridized carbons (Fsp3) is 0.300. The molecule has 62 valence electrons. The number of pyridine rings is 1. The summed E-state index contributed by atoms with van der Waals surface area (Å²) in [5, 5.41) is 3.18. The van der Waals surface area contributed by atoms with Gasteiger partial charge in [0.25, 0.3) is 0 Å². The van der Waals surface area contributed by atoms with Gasteiger partial charge in [-0.3, -0.25) is 10.3 Å². The minimum absolute atomic E-state index is 0.295. The zero-order chi connectivity index (χ0) is 8.81. The Morgan fingerprint density at radius 3 is 2.83 bits per heavy atom. The van der Waals surface area contributed by atoms with E-state index in [1.54, 1.807) is 12.4 Å². The van der Waals surface area contributed by atoms with E-state index >= 15 is 0 Å². The Labute approximate surface area is 73.0 Å². The lowest BCUT2D eigenvalue weighted by molar-refractivity contribution is 0.622. The molecule has 1 N–H and O–H groups in total. The van der Waals surface area contributed by atoms with Crippen molar-refractivity contribution >= 4 is 0 Å². The van der Waals surface area contributed by atoms with Crippen molar-refractivity contribution in [2.24, 2.45) is 0 Å². The molecular weight excluding hydrogens is 148 g/mol. The molecular formula is C10H12N2. The van der Waals surface area contributed by atoms with Crippen LogP contribution in [0, 0.1) is 12.3 Å². The zero-order valence-corrected chi connectivity index (χ0v) is 7.12. The molecule has 0 aliphatic heterocycles. The first-order valence-corrected chi connectivity index (χ1v) is 3.91. The van der Waals surface area contributed by atoms with E-state index in [4.69, 9.17) is 6.42 Å². The molecule has 0 unspecified atom stereocenters. The van der Waals surface area contributed by atoms with Crippen LogP contribution in [0.5, 0.6) is 0 Å². The van der Waals surface area contributed by atoms with Crippen molar-refractivity contribution in [3.8, 4) is 12.3 Å². The van der Waals surface area contributed by atoms with Crippen LogP contribution in [-0.4, -0.2) is 11.5 Å². The first kappa shape index (κ1) is 8.76. The van der Waals surface area contributed by atoms with Gasteiger partial charge in [-0.15, -0.1) is 6.42 Å². The summed E-state index contributed by atoms with van der Waals surface area (Å²) in [6, 6.07) is 4.26. The van der Waals surface area contributed by atoms with E-state index in [2.05, 4.69) is 23.1 Å². The molecule has 2 nitrogen and oxygen atoms in total. The normalized spacial score (nSPS) is 12.0. The van der Waals surface area contributed by atoms with Gasteiger partial charge in [-0.05, 0) is 24.6 Å². The highest BCUT2D eigenvalue weighted by molar-refractivity contribution is 5.14. The summed E-state index contributed by atoms with van der Waals surface area (Å²) in [4.78, 5) is 3.94. The summed E-state index contributed by atoms with van der Waals surface area (Å²) in [5.41, 5.74) is 1.21. The first-order chi connectivity index (χ1) is 5.84. The topological polar surface area (TPSA) is 24.9 Å². The van der Waals surface area contributed by atoms with Crippen molar-refractivity contribution < 1.29 is 0 Å². The second-order valence-corrected chi connectivity index (χ2v) is 2.59. The molecule has 0 fully saturated rings. The van der Waals surface area contributed by atoms with Crippen molar-refractivity contribution in [3.63, 3.8) is 0 Å². The minimum atomic E-state index is 0.295. The fourth-order valence-corrected chi connectivity index (χ4v) is 0.982. The number of hydrogen-bond donors (Lipinski definition) is 1. The van der Waals surface area contributed by atoms with Gasteiger partial charge in [-0.1, -0.05) is 5.92 Å². The Morgan fingerprint density at radius 1 is 1.58 bits per heavy atom. The Morgan fingerprint density at radius 2 is 2.25 bits per heavy atom. The van der Waals surface area contributed by atoms with E-state index in [9.17, 15) is 0 Å². The van der Waals surface area contributed by atoms with E-state index in [-0.39, 0.29) is 0 Å². The number of rotatable bonds is 3. The summed E-state index contributed by atoms with van der Waals surface area (Å²) >= 11 is 0. The van der Waals surface area contributed by atoms with Crippen LogP contribution < -0.4 is 5.32 Å². The number of hydrogen-bond acceptors (Lipinski definition) is 2. The molecule has 0 spiro atoms. The second-order valence-electron chi connectivity index (χ2n) is 2.59. The standard InChI is InChI=1S/C10H12N2/c1-3-6-12-9(2)10-4-7-11-8-5-10/h1,4-5,7-9,12H,6H2,2H3/t9-/m1/s1. The highest BCUT2D eigenvalue weighted by atomic mass is 14.9. The maximum atomic E-state index is 5.13. The lowest BCUT2D eigenvalue weighted by Gasteiger charge is -2.10. The lowest BCUT2D eigenvalue weighted by atomic mass is 10.1. The molecule has 0 aromatic carbocycles. The summed E-state index contributed by atoms with van der Waals surface area (Å²) < 4.78 is 0. The number of aromatic nitrogens is 1. The Balaban J connectivity index is 2.55. The van der Waals surface area contributed by atoms with E-state index in [0.717, 1.165) is 0 Å². The predicted octanol–water partition coefficient (Wildman–Crippen LogP) is 1.37. The third-order valence-electron chi connectivity index (χ3n) is 1.72. The van der Waals surface area contributed by atoms with Gasteiger partial charge in [0.05, 0.1) is 6.54 Å². The van der Waals surface area contributed by atoms with Crippen molar-refractivity contribution in [2.75, 3.05) is 6.54 Å². The van der Waals surface area contributed by atoms with Crippen molar-refractivity contribution in [3.05, 3.63) is 30.1 Å². The zero-order valence-electron chi connectivity index (χ0n) is 7.12. The lowest BCUT2D eigenvalue weighted by Crippen LogP contribution is -2.18. The summed E-state index contributed by atoms with van der Waals surface area (Å²) in [6.45, 7) is 2.68. The average Bonchev–Trinajstić information content (AvgIpc) is 2.15. The molecule has 0 saturated heterocycles. The average molecular weight is 160 g/mol. The van der Waals surface area contributed by atoms with Crippen LogP contribution >= 0.6 is 0 Å². The maximum absolute atomic E-state index is 5.13. The smallest absolute Gasteiger partial charge is 0.0578 e. The van der Waals surface area contributed by atoms with Gasteiger partial charge in [0, 0.05) is 18.4 Å². The maximum Gasteiger partial charge on any atom is 0.0578 e. The van der Waals surface area contributed by atoms with Crippen LogP contribution in [0.3, 0.4) is 0 Å². The van der Waals surface area contributed by atoms with Gasteiger partial charge < -0.3 is 0 Å². The number of nitrogens with zero attached hydrogens (tertiary/aromatic N) is 1. The fourth-order valence-electron chi connectivity index (χ4n) is 0.982. The van der Waals surface area contributed by atoms with E-state index in [1.807, 2.05) is 12.1 Å². The van der Waals surface area contributed by atoms with Crippen molar-refractivity contribution in [1.82, 2.24) is 10.3 Å².